The third-order valence-electron chi connectivity index (χ3n) is 11.8. The van der Waals surface area contributed by atoms with Crippen molar-refractivity contribution in [1.82, 2.24) is 14.5 Å². The van der Waals surface area contributed by atoms with Gasteiger partial charge in [0.05, 0.1) is 46.4 Å². The highest BCUT2D eigenvalue weighted by molar-refractivity contribution is 6.10. The minimum absolute atomic E-state index is 0.0670. The molecule has 11 rings (SSSR count). The van der Waals surface area contributed by atoms with E-state index in [0.717, 1.165) is 19.3 Å². The number of aliphatic imine (C=N–C) groups is 1. The van der Waals surface area contributed by atoms with Gasteiger partial charge in [0.25, 0.3) is 0 Å². The minimum atomic E-state index is 0.0670. The highest BCUT2D eigenvalue weighted by Crippen LogP contribution is 2.39. The van der Waals surface area contributed by atoms with E-state index < -0.39 is 0 Å². The number of nitrogens with zero attached hydrogens (tertiary/aromatic N) is 3. The molecule has 6 aromatic carbocycles. The number of rotatable bonds is 6. The van der Waals surface area contributed by atoms with Crippen LogP contribution in [0.1, 0.15) is 42.5 Å². The van der Waals surface area contributed by atoms with Crippen molar-refractivity contribution in [3.8, 4) is 11.4 Å². The number of fused-ring (bicyclic) bond motifs is 6. The van der Waals surface area contributed by atoms with Crippen molar-refractivity contribution in [3.05, 3.63) is 192 Å². The zero-order valence-corrected chi connectivity index (χ0v) is 30.4. The van der Waals surface area contributed by atoms with Gasteiger partial charge in [0.1, 0.15) is 0 Å². The third-order valence-corrected chi connectivity index (χ3v) is 11.8. The molecule has 55 heavy (non-hydrogen) atoms. The van der Waals surface area contributed by atoms with Crippen molar-refractivity contribution < 1.29 is 4.74 Å². The van der Waals surface area contributed by atoms with Gasteiger partial charge in [-0.1, -0.05) is 103 Å². The average Bonchev–Trinajstić information content (AvgIpc) is 3.97. The van der Waals surface area contributed by atoms with Gasteiger partial charge >= 0.3 is 0 Å². The summed E-state index contributed by atoms with van der Waals surface area (Å²) in [4.78, 5) is 5.10. The number of aromatic nitrogens is 2. The molecule has 0 spiro atoms. The molecule has 1 N–H and O–H groups in total. The molecular weight excluding hydrogens is 673 g/mol. The molecular formula is C50H40N4O. The van der Waals surface area contributed by atoms with Crippen LogP contribution < -0.4 is 5.32 Å². The van der Waals surface area contributed by atoms with Gasteiger partial charge in [-0.05, 0) is 102 Å². The molecule has 0 bridgehead atoms. The zero-order chi connectivity index (χ0) is 36.3. The normalized spacial score (nSPS) is 21.0. The first kappa shape index (κ1) is 32.0. The number of ether oxygens (including phenoxy) is 1. The van der Waals surface area contributed by atoms with Gasteiger partial charge in [-0.2, -0.15) is 0 Å². The molecule has 2 aromatic heterocycles. The molecule has 1 fully saturated rings. The second kappa shape index (κ2) is 13.2. The lowest BCUT2D eigenvalue weighted by molar-refractivity contribution is 0.0913. The van der Waals surface area contributed by atoms with Gasteiger partial charge in [-0.3, -0.25) is 4.99 Å². The Morgan fingerprint density at radius 1 is 0.545 bits per heavy atom. The smallest absolute Gasteiger partial charge is 0.0848 e. The largest absolute Gasteiger partial charge is 0.380 e. The van der Waals surface area contributed by atoms with Crippen LogP contribution in [0.25, 0.3) is 55.0 Å². The summed E-state index contributed by atoms with van der Waals surface area (Å²) in [5.74, 6) is 0. The third kappa shape index (κ3) is 5.45. The van der Waals surface area contributed by atoms with Crippen LogP contribution in [0.5, 0.6) is 0 Å². The summed E-state index contributed by atoms with van der Waals surface area (Å²) in [6, 6.07) is 52.6. The molecule has 4 unspecified atom stereocenters. The number of para-hydroxylation sites is 4. The maximum atomic E-state index is 6.70. The zero-order valence-electron chi connectivity index (χ0n) is 30.4. The topological polar surface area (TPSA) is 43.5 Å². The standard InChI is InChI=1S/C50H40N4O/c1-3-11-37(12-4-1)53-45-17-9-7-15-39(45)41-29-33(21-25-47(41)53)43-23-19-35(31-51-43)49-27-28-50(55-49)36-20-24-44(52-32-36)34-22-26-48-42(30-34)40-16-8-10-18-46(40)54(48)38-13-5-2-6-14-38/h1-23,25-26,29-32,43-44,49-51H,24,27-28H2. The van der Waals surface area contributed by atoms with Crippen molar-refractivity contribution in [2.75, 3.05) is 0 Å². The summed E-state index contributed by atoms with van der Waals surface area (Å²) in [5.41, 5.74) is 12.1. The van der Waals surface area contributed by atoms with E-state index in [1.807, 2.05) is 0 Å². The van der Waals surface area contributed by atoms with E-state index in [4.69, 9.17) is 9.73 Å². The molecule has 4 atom stereocenters. The predicted octanol–water partition coefficient (Wildman–Crippen LogP) is 11.7. The summed E-state index contributed by atoms with van der Waals surface area (Å²) in [5, 5.41) is 8.76. The second-order valence-electron chi connectivity index (χ2n) is 15.0. The fourth-order valence-electron chi connectivity index (χ4n) is 9.10. The van der Waals surface area contributed by atoms with Crippen LogP contribution in [0.3, 0.4) is 0 Å². The lowest BCUT2D eigenvalue weighted by atomic mass is 9.96. The van der Waals surface area contributed by atoms with Crippen molar-refractivity contribution in [2.24, 2.45) is 4.99 Å². The van der Waals surface area contributed by atoms with Gasteiger partial charge in [0, 0.05) is 45.3 Å². The van der Waals surface area contributed by atoms with Crippen LogP contribution in [0.2, 0.25) is 0 Å². The monoisotopic (exact) mass is 712 g/mol. The first-order valence-electron chi connectivity index (χ1n) is 19.5. The lowest BCUT2D eigenvalue weighted by Crippen LogP contribution is -2.22. The molecule has 0 radical (unpaired) electrons. The lowest BCUT2D eigenvalue weighted by Gasteiger charge is -2.23. The number of benzene rings is 6. The predicted molar refractivity (Wildman–Crippen MR) is 226 cm³/mol. The maximum absolute atomic E-state index is 6.70. The van der Waals surface area contributed by atoms with Crippen molar-refractivity contribution in [3.63, 3.8) is 0 Å². The fraction of sp³-hybridized carbons (Fsp3) is 0.140. The number of nitrogens with one attached hydrogen (secondary N) is 1. The Kier molecular flexibility index (Phi) is 7.66. The van der Waals surface area contributed by atoms with Crippen LogP contribution in [-0.2, 0) is 4.74 Å². The molecule has 266 valence electrons. The highest BCUT2D eigenvalue weighted by Gasteiger charge is 2.31. The van der Waals surface area contributed by atoms with Crippen molar-refractivity contribution in [2.45, 2.75) is 43.6 Å². The van der Waals surface area contributed by atoms with Crippen LogP contribution in [-0.4, -0.2) is 27.6 Å². The van der Waals surface area contributed by atoms with E-state index in [-0.39, 0.29) is 24.3 Å². The SMILES string of the molecule is C1=CC(c2ccc3c(c2)c2ccccc2n3-c2ccccc2)NC=C1C1CCC(C2=CCC(c3ccc4c(c3)c3ccccc3n4-c3ccccc3)N=C2)O1. The molecule has 1 saturated heterocycles. The van der Waals surface area contributed by atoms with Crippen LogP contribution >= 0.6 is 0 Å². The molecule has 3 aliphatic heterocycles. The Morgan fingerprint density at radius 3 is 1.67 bits per heavy atom. The van der Waals surface area contributed by atoms with Gasteiger partial charge in [0.2, 0.25) is 0 Å². The van der Waals surface area contributed by atoms with E-state index in [9.17, 15) is 0 Å². The Balaban J connectivity index is 0.779. The number of hydrogen-bond donors (Lipinski definition) is 1. The fourth-order valence-corrected chi connectivity index (χ4v) is 9.10. The van der Waals surface area contributed by atoms with E-state index in [0.29, 0.717) is 0 Å². The minimum Gasteiger partial charge on any atom is -0.380 e. The molecule has 5 heterocycles. The van der Waals surface area contributed by atoms with E-state index in [1.54, 1.807) is 0 Å². The molecule has 5 nitrogen and oxygen atoms in total. The molecule has 0 aliphatic carbocycles. The first-order chi connectivity index (χ1) is 27.3. The molecule has 5 heteroatoms. The number of hydrogen-bond acceptors (Lipinski definition) is 3. The van der Waals surface area contributed by atoms with Gasteiger partial charge in [-0.25, -0.2) is 0 Å². The summed E-state index contributed by atoms with van der Waals surface area (Å²) in [7, 11) is 0. The van der Waals surface area contributed by atoms with E-state index >= 15 is 0 Å². The highest BCUT2D eigenvalue weighted by atomic mass is 16.5. The molecule has 0 amide bonds. The van der Waals surface area contributed by atoms with E-state index in [2.05, 4.69) is 191 Å². The first-order valence-corrected chi connectivity index (χ1v) is 19.5. The second-order valence-corrected chi connectivity index (χ2v) is 15.0. The summed E-state index contributed by atoms with van der Waals surface area (Å²) < 4.78 is 11.4. The van der Waals surface area contributed by atoms with Gasteiger partial charge in [-0.15, -0.1) is 0 Å². The molecule has 8 aromatic rings. The van der Waals surface area contributed by atoms with E-state index in [1.165, 1.54) is 77.3 Å². The van der Waals surface area contributed by atoms with Gasteiger partial charge in [0.15, 0.2) is 0 Å². The Hall–Kier alpha value is -6.43. The average molecular weight is 713 g/mol. The van der Waals surface area contributed by atoms with Crippen molar-refractivity contribution in [1.29, 1.82) is 0 Å². The summed E-state index contributed by atoms with van der Waals surface area (Å²) in [6.45, 7) is 0. The summed E-state index contributed by atoms with van der Waals surface area (Å²) >= 11 is 0. The quantitative estimate of drug-likeness (QED) is 0.186. The number of dihydropyridines is 2. The van der Waals surface area contributed by atoms with Crippen LogP contribution in [0.4, 0.5) is 0 Å². The summed E-state index contributed by atoms with van der Waals surface area (Å²) in [6.07, 6.45) is 14.1. The van der Waals surface area contributed by atoms with Crippen LogP contribution in [0.15, 0.2) is 186 Å². The molecule has 3 aliphatic rings. The van der Waals surface area contributed by atoms with Crippen molar-refractivity contribution >= 4 is 49.8 Å². The van der Waals surface area contributed by atoms with Crippen LogP contribution in [0, 0.1) is 0 Å². The molecule has 0 saturated carbocycles. The Morgan fingerprint density at radius 2 is 1.09 bits per heavy atom. The maximum Gasteiger partial charge on any atom is 0.0848 e. The van der Waals surface area contributed by atoms with Gasteiger partial charge < -0.3 is 19.2 Å². The Bertz CT molecular complexity index is 2680. The Labute approximate surface area is 320 Å².